The van der Waals surface area contributed by atoms with Crippen LogP contribution in [0.25, 0.3) is 10.8 Å². The molecule has 0 aliphatic heterocycles. The molecular weight excluding hydrogens is 263 g/mol. The van der Waals surface area contributed by atoms with Crippen molar-refractivity contribution < 1.29 is 0 Å². The van der Waals surface area contributed by atoms with E-state index >= 15 is 0 Å². The molecule has 14 heavy (non-hydrogen) atoms. The Balaban J connectivity index is 3.01. The highest BCUT2D eigenvalue weighted by Crippen LogP contribution is 2.30. The van der Waals surface area contributed by atoms with Crippen LogP contribution in [0.4, 0.5) is 0 Å². The Hall–Kier alpha value is -1.11. The molecule has 4 heteroatoms. The lowest BCUT2D eigenvalue weighted by Crippen LogP contribution is -1.86. The molecule has 1 heterocycles. The fourth-order valence-corrected chi connectivity index (χ4v) is 2.02. The molecule has 2 aromatic rings. The molecule has 0 bridgehead atoms. The van der Waals surface area contributed by atoms with Crippen LogP contribution >= 0.6 is 27.5 Å². The maximum Gasteiger partial charge on any atom is 0.149 e. The molecule has 2 nitrogen and oxygen atoms in total. The van der Waals surface area contributed by atoms with E-state index in [1.54, 1.807) is 12.3 Å². The molecule has 1 aromatic carbocycles. The summed E-state index contributed by atoms with van der Waals surface area (Å²) in [5, 5.41) is 11.0. The van der Waals surface area contributed by atoms with Gasteiger partial charge in [-0.05, 0) is 18.2 Å². The van der Waals surface area contributed by atoms with Crippen molar-refractivity contribution in [2.75, 3.05) is 0 Å². The number of rotatable bonds is 0. The van der Waals surface area contributed by atoms with E-state index in [-0.39, 0.29) is 0 Å². The van der Waals surface area contributed by atoms with Gasteiger partial charge in [-0.2, -0.15) is 5.26 Å². The molecule has 68 valence electrons. The first-order chi connectivity index (χ1) is 6.74. The third-order valence-electron chi connectivity index (χ3n) is 1.93. The van der Waals surface area contributed by atoms with E-state index in [1.165, 1.54) is 0 Å². The number of nitriles is 1. The number of hydrogen-bond donors (Lipinski definition) is 0. The predicted molar refractivity (Wildman–Crippen MR) is 59.2 cm³/mol. The van der Waals surface area contributed by atoms with Crippen molar-refractivity contribution in [2.24, 2.45) is 0 Å². The summed E-state index contributed by atoms with van der Waals surface area (Å²) in [4.78, 5) is 3.96. The van der Waals surface area contributed by atoms with Gasteiger partial charge < -0.3 is 0 Å². The monoisotopic (exact) mass is 266 g/mol. The molecule has 1 aromatic heterocycles. The fourth-order valence-electron chi connectivity index (χ4n) is 1.31. The highest BCUT2D eigenvalue weighted by atomic mass is 79.9. The molecule has 0 aliphatic rings. The van der Waals surface area contributed by atoms with Crippen molar-refractivity contribution in [1.82, 2.24) is 4.98 Å². The second-order valence-electron chi connectivity index (χ2n) is 2.72. The van der Waals surface area contributed by atoms with Gasteiger partial charge in [0.1, 0.15) is 11.8 Å². The number of hydrogen-bond acceptors (Lipinski definition) is 2. The molecule has 0 fully saturated rings. The van der Waals surface area contributed by atoms with Gasteiger partial charge in [0.05, 0.1) is 5.02 Å². The molecule has 2 rings (SSSR count). The SMILES string of the molecule is N#Cc1nccc2c(Br)ccc(Cl)c12. The van der Waals surface area contributed by atoms with Crippen molar-refractivity contribution in [3.8, 4) is 6.07 Å². The topological polar surface area (TPSA) is 36.7 Å². The Morgan fingerprint density at radius 2 is 2.14 bits per heavy atom. The quantitative estimate of drug-likeness (QED) is 0.732. The zero-order valence-electron chi connectivity index (χ0n) is 6.96. The van der Waals surface area contributed by atoms with Crippen LogP contribution in [0.1, 0.15) is 5.69 Å². The number of pyridine rings is 1. The normalized spacial score (nSPS) is 10.1. The minimum atomic E-state index is 0.355. The summed E-state index contributed by atoms with van der Waals surface area (Å²) in [6.07, 6.45) is 1.60. The van der Waals surface area contributed by atoms with Crippen LogP contribution < -0.4 is 0 Å². The van der Waals surface area contributed by atoms with E-state index in [9.17, 15) is 0 Å². The average molecular weight is 268 g/mol. The first kappa shape index (κ1) is 9.45. The molecule has 0 amide bonds. The minimum absolute atomic E-state index is 0.355. The second kappa shape index (κ2) is 3.56. The van der Waals surface area contributed by atoms with Crippen molar-refractivity contribution in [3.63, 3.8) is 0 Å². The maximum atomic E-state index is 8.86. The lowest BCUT2D eigenvalue weighted by atomic mass is 10.1. The summed E-state index contributed by atoms with van der Waals surface area (Å²) in [5.41, 5.74) is 0.355. The molecule has 0 spiro atoms. The minimum Gasteiger partial charge on any atom is -0.245 e. The van der Waals surface area contributed by atoms with Crippen molar-refractivity contribution in [1.29, 1.82) is 5.26 Å². The number of nitrogens with zero attached hydrogens (tertiary/aromatic N) is 2. The standard InChI is InChI=1S/C10H4BrClN2/c11-7-1-2-8(12)10-6(7)3-4-14-9(10)5-13/h1-4H. The smallest absolute Gasteiger partial charge is 0.149 e. The molecule has 0 saturated heterocycles. The first-order valence-electron chi connectivity index (χ1n) is 3.87. The summed E-state index contributed by atoms with van der Waals surface area (Å²) >= 11 is 9.40. The van der Waals surface area contributed by atoms with Gasteiger partial charge in [0.2, 0.25) is 0 Å². The van der Waals surface area contributed by atoms with Gasteiger partial charge in [0, 0.05) is 21.4 Å². The maximum absolute atomic E-state index is 8.86. The van der Waals surface area contributed by atoms with Crippen LogP contribution in [0.2, 0.25) is 5.02 Å². The molecule has 0 unspecified atom stereocenters. The summed E-state index contributed by atoms with van der Waals surface area (Å²) in [7, 11) is 0. The second-order valence-corrected chi connectivity index (χ2v) is 3.98. The number of aromatic nitrogens is 1. The lowest BCUT2D eigenvalue weighted by Gasteiger charge is -2.03. The lowest BCUT2D eigenvalue weighted by molar-refractivity contribution is 1.30. The van der Waals surface area contributed by atoms with Crippen LogP contribution in [0.3, 0.4) is 0 Å². The summed E-state index contributed by atoms with van der Waals surface area (Å²) in [5.74, 6) is 0. The molecule has 0 radical (unpaired) electrons. The number of benzene rings is 1. The van der Waals surface area contributed by atoms with E-state index in [1.807, 2.05) is 18.2 Å². The third-order valence-corrected chi connectivity index (χ3v) is 2.94. The van der Waals surface area contributed by atoms with Crippen molar-refractivity contribution in [3.05, 3.63) is 39.6 Å². The van der Waals surface area contributed by atoms with E-state index in [2.05, 4.69) is 20.9 Å². The van der Waals surface area contributed by atoms with Crippen LogP contribution in [-0.4, -0.2) is 4.98 Å². The van der Waals surface area contributed by atoms with Gasteiger partial charge in [-0.1, -0.05) is 27.5 Å². The van der Waals surface area contributed by atoms with Gasteiger partial charge in [0.25, 0.3) is 0 Å². The zero-order valence-corrected chi connectivity index (χ0v) is 9.30. The summed E-state index contributed by atoms with van der Waals surface area (Å²) in [6.45, 7) is 0. The van der Waals surface area contributed by atoms with Crippen molar-refractivity contribution in [2.45, 2.75) is 0 Å². The predicted octanol–water partition coefficient (Wildman–Crippen LogP) is 3.52. The Bertz CT molecular complexity index is 546. The van der Waals surface area contributed by atoms with Gasteiger partial charge >= 0.3 is 0 Å². The van der Waals surface area contributed by atoms with Crippen molar-refractivity contribution >= 4 is 38.3 Å². The largest absolute Gasteiger partial charge is 0.245 e. The van der Waals surface area contributed by atoms with E-state index in [4.69, 9.17) is 16.9 Å². The Morgan fingerprint density at radius 3 is 2.86 bits per heavy atom. The highest BCUT2D eigenvalue weighted by Gasteiger charge is 2.07. The van der Waals surface area contributed by atoms with E-state index in [0.717, 1.165) is 9.86 Å². The third kappa shape index (κ3) is 1.37. The Morgan fingerprint density at radius 1 is 1.36 bits per heavy atom. The number of halogens is 2. The van der Waals surface area contributed by atoms with Crippen LogP contribution in [0.5, 0.6) is 0 Å². The van der Waals surface area contributed by atoms with Crippen LogP contribution in [0.15, 0.2) is 28.9 Å². The molecule has 0 saturated carbocycles. The van der Waals surface area contributed by atoms with Gasteiger partial charge in [-0.15, -0.1) is 0 Å². The van der Waals surface area contributed by atoms with Gasteiger partial charge in [-0.3, -0.25) is 0 Å². The van der Waals surface area contributed by atoms with E-state index < -0.39 is 0 Å². The first-order valence-corrected chi connectivity index (χ1v) is 5.04. The van der Waals surface area contributed by atoms with Gasteiger partial charge in [0.15, 0.2) is 0 Å². The summed E-state index contributed by atoms with van der Waals surface area (Å²) in [6, 6.07) is 7.45. The molecule has 0 aliphatic carbocycles. The number of fused-ring (bicyclic) bond motifs is 1. The van der Waals surface area contributed by atoms with E-state index in [0.29, 0.717) is 16.1 Å². The molecule has 0 atom stereocenters. The van der Waals surface area contributed by atoms with Gasteiger partial charge in [-0.25, -0.2) is 4.98 Å². The zero-order chi connectivity index (χ0) is 10.1. The molecule has 0 N–H and O–H groups in total. The van der Waals surface area contributed by atoms with Crippen LogP contribution in [0, 0.1) is 11.3 Å². The highest BCUT2D eigenvalue weighted by molar-refractivity contribution is 9.10. The fraction of sp³-hybridized carbons (Fsp3) is 0. The Kier molecular flexibility index (Phi) is 2.40. The molecular formula is C10H4BrClN2. The Labute approximate surface area is 94.3 Å². The van der Waals surface area contributed by atoms with Crippen LogP contribution in [-0.2, 0) is 0 Å². The summed E-state index contributed by atoms with van der Waals surface area (Å²) < 4.78 is 0.913. The average Bonchev–Trinajstić information content (AvgIpc) is 2.23.